The van der Waals surface area contributed by atoms with Gasteiger partial charge in [-0.1, -0.05) is 0 Å². The Bertz CT molecular complexity index is 473. The minimum Gasteiger partial charge on any atom is -0.466 e. The Balaban J connectivity index is 2.15. The summed E-state index contributed by atoms with van der Waals surface area (Å²) in [5, 5.41) is 8.81. The Morgan fingerprint density at radius 2 is 2.41 bits per heavy atom. The largest absolute Gasteiger partial charge is 0.466 e. The van der Waals surface area contributed by atoms with Crippen molar-refractivity contribution in [2.75, 3.05) is 6.61 Å². The van der Waals surface area contributed by atoms with E-state index in [1.165, 1.54) is 0 Å². The third kappa shape index (κ3) is 2.44. The molecule has 0 amide bonds. The van der Waals surface area contributed by atoms with Crippen LogP contribution in [0.25, 0.3) is 0 Å². The summed E-state index contributed by atoms with van der Waals surface area (Å²) in [7, 11) is 0. The van der Waals surface area contributed by atoms with Crippen molar-refractivity contribution in [1.82, 2.24) is 4.98 Å². The van der Waals surface area contributed by atoms with Gasteiger partial charge in [-0.25, -0.2) is 4.98 Å². The second kappa shape index (κ2) is 4.54. The van der Waals surface area contributed by atoms with Crippen LogP contribution in [0.2, 0.25) is 0 Å². The first kappa shape index (κ1) is 11.6. The quantitative estimate of drug-likeness (QED) is 0.741. The predicted molar refractivity (Wildman–Crippen MR) is 61.1 cm³/mol. The van der Waals surface area contributed by atoms with E-state index in [0.717, 1.165) is 18.4 Å². The van der Waals surface area contributed by atoms with Crippen LogP contribution in [0.1, 0.15) is 37.4 Å². The highest BCUT2D eigenvalue weighted by Gasteiger charge is 2.46. The molecule has 0 aromatic carbocycles. The number of hydrogen-bond acceptors (Lipinski definition) is 4. The van der Waals surface area contributed by atoms with Gasteiger partial charge in [0.1, 0.15) is 11.8 Å². The van der Waals surface area contributed by atoms with Gasteiger partial charge in [-0.2, -0.15) is 5.26 Å². The Labute approximate surface area is 100 Å². The number of carbonyl (C=O) groups excluding carboxylic acids is 1. The second-order valence-electron chi connectivity index (χ2n) is 4.30. The fraction of sp³-hybridized carbons (Fsp3) is 0.462. The maximum atomic E-state index is 11.5. The van der Waals surface area contributed by atoms with E-state index in [1.54, 1.807) is 19.2 Å². The van der Waals surface area contributed by atoms with E-state index in [-0.39, 0.29) is 11.4 Å². The third-order valence-electron chi connectivity index (χ3n) is 3.13. The molecule has 1 fully saturated rings. The molecule has 1 aromatic rings. The van der Waals surface area contributed by atoms with Crippen LogP contribution in [0.15, 0.2) is 18.3 Å². The van der Waals surface area contributed by atoms with Crippen LogP contribution in [0.4, 0.5) is 0 Å². The molecule has 0 aliphatic heterocycles. The summed E-state index contributed by atoms with van der Waals surface area (Å²) in [6, 6.07) is 5.67. The van der Waals surface area contributed by atoms with Crippen LogP contribution in [0.5, 0.6) is 0 Å². The molecule has 0 atom stereocenters. The fourth-order valence-electron chi connectivity index (χ4n) is 2.03. The smallest absolute Gasteiger partial charge is 0.306 e. The summed E-state index contributed by atoms with van der Waals surface area (Å²) in [6.07, 6.45) is 3.97. The summed E-state index contributed by atoms with van der Waals surface area (Å²) < 4.78 is 4.98. The molecule has 1 heterocycles. The first-order valence-corrected chi connectivity index (χ1v) is 5.72. The first-order valence-electron chi connectivity index (χ1n) is 5.72. The van der Waals surface area contributed by atoms with Gasteiger partial charge in [-0.15, -0.1) is 0 Å². The van der Waals surface area contributed by atoms with Crippen LogP contribution >= 0.6 is 0 Å². The van der Waals surface area contributed by atoms with E-state index in [0.29, 0.717) is 18.7 Å². The van der Waals surface area contributed by atoms with Crippen molar-refractivity contribution in [1.29, 1.82) is 5.26 Å². The van der Waals surface area contributed by atoms with Gasteiger partial charge in [0, 0.05) is 11.6 Å². The normalized spacial score (nSPS) is 16.0. The highest BCUT2D eigenvalue weighted by molar-refractivity contribution is 5.72. The minimum atomic E-state index is -0.166. The molecule has 4 nitrogen and oxygen atoms in total. The van der Waals surface area contributed by atoms with Crippen LogP contribution < -0.4 is 0 Å². The summed E-state index contributed by atoms with van der Waals surface area (Å²) in [6.45, 7) is 2.21. The first-order chi connectivity index (χ1) is 8.20. The molecule has 88 valence electrons. The average Bonchev–Trinajstić information content (AvgIpc) is 3.10. The number of carbonyl (C=O) groups is 1. The summed E-state index contributed by atoms with van der Waals surface area (Å²) in [5.74, 6) is -0.166. The molecule has 1 aliphatic rings. The van der Waals surface area contributed by atoms with Crippen LogP contribution in [0.3, 0.4) is 0 Å². The molecule has 0 bridgehead atoms. The molecule has 1 aliphatic carbocycles. The number of pyridine rings is 1. The zero-order valence-electron chi connectivity index (χ0n) is 9.77. The fourth-order valence-corrected chi connectivity index (χ4v) is 2.03. The summed E-state index contributed by atoms with van der Waals surface area (Å²) in [4.78, 5) is 15.5. The van der Waals surface area contributed by atoms with Crippen molar-refractivity contribution >= 4 is 5.97 Å². The Hall–Kier alpha value is -1.89. The maximum Gasteiger partial charge on any atom is 0.306 e. The van der Waals surface area contributed by atoms with Crippen molar-refractivity contribution in [2.24, 2.45) is 0 Å². The van der Waals surface area contributed by atoms with E-state index in [9.17, 15) is 4.79 Å². The number of esters is 1. The third-order valence-corrected chi connectivity index (χ3v) is 3.13. The number of nitriles is 1. The summed E-state index contributed by atoms with van der Waals surface area (Å²) >= 11 is 0. The van der Waals surface area contributed by atoms with Gasteiger partial charge in [0.2, 0.25) is 0 Å². The van der Waals surface area contributed by atoms with Gasteiger partial charge in [0.05, 0.1) is 13.0 Å². The molecule has 17 heavy (non-hydrogen) atoms. The molecule has 4 heteroatoms. The van der Waals surface area contributed by atoms with Crippen molar-refractivity contribution < 1.29 is 9.53 Å². The lowest BCUT2D eigenvalue weighted by molar-refractivity contribution is -0.143. The second-order valence-corrected chi connectivity index (χ2v) is 4.30. The predicted octanol–water partition coefficient (Wildman–Crippen LogP) is 1.94. The SMILES string of the molecule is CCOC(=O)CC1(c2ccnc(C#N)c2)CC1. The molecule has 2 rings (SSSR count). The molecule has 1 saturated carbocycles. The molecule has 0 spiro atoms. The monoisotopic (exact) mass is 230 g/mol. The van der Waals surface area contributed by atoms with Gasteiger partial charge < -0.3 is 4.74 Å². The van der Waals surface area contributed by atoms with Gasteiger partial charge in [-0.05, 0) is 37.5 Å². The highest BCUT2D eigenvalue weighted by Crippen LogP contribution is 2.51. The van der Waals surface area contributed by atoms with Crippen molar-refractivity contribution in [2.45, 2.75) is 31.6 Å². The Kier molecular flexibility index (Phi) is 3.10. The minimum absolute atomic E-state index is 0.110. The van der Waals surface area contributed by atoms with Crippen molar-refractivity contribution in [3.8, 4) is 6.07 Å². The molecule has 0 radical (unpaired) electrons. The van der Waals surface area contributed by atoms with E-state index in [4.69, 9.17) is 10.00 Å². The number of aromatic nitrogens is 1. The Morgan fingerprint density at radius 1 is 1.65 bits per heavy atom. The number of hydrogen-bond donors (Lipinski definition) is 0. The summed E-state index contributed by atoms with van der Waals surface area (Å²) in [5.41, 5.74) is 1.32. The lowest BCUT2D eigenvalue weighted by atomic mass is 9.93. The highest BCUT2D eigenvalue weighted by atomic mass is 16.5. The molecule has 0 saturated heterocycles. The zero-order valence-corrected chi connectivity index (χ0v) is 9.77. The van der Waals surface area contributed by atoms with Crippen LogP contribution in [-0.4, -0.2) is 17.6 Å². The molecule has 0 N–H and O–H groups in total. The lowest BCUT2D eigenvalue weighted by Crippen LogP contribution is -2.16. The maximum absolute atomic E-state index is 11.5. The van der Waals surface area contributed by atoms with Gasteiger partial charge in [-0.3, -0.25) is 4.79 Å². The average molecular weight is 230 g/mol. The number of rotatable bonds is 4. The van der Waals surface area contributed by atoms with Gasteiger partial charge in [0.15, 0.2) is 0 Å². The van der Waals surface area contributed by atoms with Crippen LogP contribution in [0, 0.1) is 11.3 Å². The zero-order chi connectivity index (χ0) is 12.3. The van der Waals surface area contributed by atoms with Crippen molar-refractivity contribution in [3.05, 3.63) is 29.6 Å². The van der Waals surface area contributed by atoms with E-state index >= 15 is 0 Å². The Morgan fingerprint density at radius 3 is 3.00 bits per heavy atom. The van der Waals surface area contributed by atoms with E-state index < -0.39 is 0 Å². The molecular weight excluding hydrogens is 216 g/mol. The topological polar surface area (TPSA) is 63.0 Å². The molecule has 0 unspecified atom stereocenters. The van der Waals surface area contributed by atoms with E-state index in [2.05, 4.69) is 4.98 Å². The van der Waals surface area contributed by atoms with Crippen molar-refractivity contribution in [3.63, 3.8) is 0 Å². The van der Waals surface area contributed by atoms with Gasteiger partial charge >= 0.3 is 5.97 Å². The van der Waals surface area contributed by atoms with Crippen LogP contribution in [-0.2, 0) is 14.9 Å². The molecular formula is C13H14N2O2. The standard InChI is InChI=1S/C13H14N2O2/c1-2-17-12(16)8-13(4-5-13)10-3-6-15-11(7-10)9-14/h3,6-7H,2,4-5,8H2,1H3. The lowest BCUT2D eigenvalue weighted by Gasteiger charge is -2.14. The van der Waals surface area contributed by atoms with E-state index in [1.807, 2.05) is 12.1 Å². The van der Waals surface area contributed by atoms with Gasteiger partial charge in [0.25, 0.3) is 0 Å². The number of ether oxygens (including phenoxy) is 1. The number of nitrogens with zero attached hydrogens (tertiary/aromatic N) is 2. The molecule has 1 aromatic heterocycles.